The van der Waals surface area contributed by atoms with Crippen molar-refractivity contribution in [3.63, 3.8) is 0 Å². The van der Waals surface area contributed by atoms with Gasteiger partial charge in [0.15, 0.2) is 0 Å². The monoisotopic (exact) mass is 265 g/mol. The van der Waals surface area contributed by atoms with E-state index in [1.54, 1.807) is 0 Å². The SMILES string of the molecule is Cc1cccc(C(CN)(CO)CCOC(C)(C)C)c1. The molecule has 0 bridgehead atoms. The van der Waals surface area contributed by atoms with E-state index in [2.05, 4.69) is 6.07 Å². The molecule has 108 valence electrons. The third kappa shape index (κ3) is 4.60. The zero-order valence-corrected chi connectivity index (χ0v) is 12.6. The summed E-state index contributed by atoms with van der Waals surface area (Å²) in [6.45, 7) is 9.19. The predicted molar refractivity (Wildman–Crippen MR) is 79.3 cm³/mol. The number of hydrogen-bond donors (Lipinski definition) is 2. The van der Waals surface area contributed by atoms with E-state index >= 15 is 0 Å². The van der Waals surface area contributed by atoms with Gasteiger partial charge in [0.05, 0.1) is 12.2 Å². The molecule has 3 nitrogen and oxygen atoms in total. The van der Waals surface area contributed by atoms with E-state index in [0.717, 1.165) is 12.0 Å². The van der Waals surface area contributed by atoms with Crippen molar-refractivity contribution in [3.8, 4) is 0 Å². The Hall–Kier alpha value is -0.900. The highest BCUT2D eigenvalue weighted by Crippen LogP contribution is 2.28. The Morgan fingerprint density at radius 3 is 2.42 bits per heavy atom. The van der Waals surface area contributed by atoms with Gasteiger partial charge in [-0.05, 0) is 39.7 Å². The normalized spacial score (nSPS) is 15.3. The molecule has 1 aromatic carbocycles. The second kappa shape index (κ2) is 6.51. The van der Waals surface area contributed by atoms with Crippen molar-refractivity contribution in [1.82, 2.24) is 0 Å². The maximum Gasteiger partial charge on any atom is 0.0598 e. The van der Waals surface area contributed by atoms with Gasteiger partial charge in [0.1, 0.15) is 0 Å². The summed E-state index contributed by atoms with van der Waals surface area (Å²) in [5.74, 6) is 0. The molecule has 3 heteroatoms. The lowest BCUT2D eigenvalue weighted by Crippen LogP contribution is -2.40. The third-order valence-electron chi connectivity index (χ3n) is 3.44. The smallest absolute Gasteiger partial charge is 0.0598 e. The van der Waals surface area contributed by atoms with E-state index in [1.165, 1.54) is 5.56 Å². The average molecular weight is 265 g/mol. The second-order valence-corrected chi connectivity index (χ2v) is 6.22. The van der Waals surface area contributed by atoms with E-state index in [0.29, 0.717) is 13.2 Å². The molecule has 0 aliphatic carbocycles. The first kappa shape index (κ1) is 16.2. The van der Waals surface area contributed by atoms with Crippen LogP contribution in [0.15, 0.2) is 24.3 Å². The standard InChI is InChI=1S/C16H27NO2/c1-13-6-5-7-14(10-13)16(11-17,12-18)8-9-19-15(2,3)4/h5-7,10,18H,8-9,11-12,17H2,1-4H3. The van der Waals surface area contributed by atoms with Crippen LogP contribution >= 0.6 is 0 Å². The zero-order valence-electron chi connectivity index (χ0n) is 12.6. The summed E-state index contributed by atoms with van der Waals surface area (Å²) in [4.78, 5) is 0. The number of aliphatic hydroxyl groups excluding tert-OH is 1. The van der Waals surface area contributed by atoms with E-state index in [1.807, 2.05) is 45.9 Å². The molecular weight excluding hydrogens is 238 g/mol. The number of benzene rings is 1. The first-order chi connectivity index (χ1) is 8.83. The van der Waals surface area contributed by atoms with Crippen molar-refractivity contribution in [1.29, 1.82) is 0 Å². The fourth-order valence-electron chi connectivity index (χ4n) is 2.13. The van der Waals surface area contributed by atoms with Crippen molar-refractivity contribution in [3.05, 3.63) is 35.4 Å². The Bertz CT molecular complexity index is 392. The molecule has 0 amide bonds. The van der Waals surface area contributed by atoms with Gasteiger partial charge < -0.3 is 15.6 Å². The highest BCUT2D eigenvalue weighted by molar-refractivity contribution is 5.30. The van der Waals surface area contributed by atoms with Gasteiger partial charge in [-0.3, -0.25) is 0 Å². The predicted octanol–water partition coefficient (Wildman–Crippen LogP) is 2.39. The van der Waals surface area contributed by atoms with Gasteiger partial charge in [-0.25, -0.2) is 0 Å². The lowest BCUT2D eigenvalue weighted by molar-refractivity contribution is -0.0153. The summed E-state index contributed by atoms with van der Waals surface area (Å²) in [6, 6.07) is 8.19. The molecule has 3 N–H and O–H groups in total. The molecule has 0 radical (unpaired) electrons. The molecule has 0 aliphatic heterocycles. The zero-order chi connectivity index (χ0) is 14.5. The minimum atomic E-state index is -0.405. The number of hydrogen-bond acceptors (Lipinski definition) is 3. The molecule has 0 aliphatic rings. The van der Waals surface area contributed by atoms with E-state index < -0.39 is 5.41 Å². The van der Waals surface area contributed by atoms with Crippen LogP contribution in [0.4, 0.5) is 0 Å². The van der Waals surface area contributed by atoms with Gasteiger partial charge in [0.2, 0.25) is 0 Å². The van der Waals surface area contributed by atoms with Crippen LogP contribution in [0.5, 0.6) is 0 Å². The highest BCUT2D eigenvalue weighted by Gasteiger charge is 2.30. The van der Waals surface area contributed by atoms with Gasteiger partial charge in [0.25, 0.3) is 0 Å². The minimum absolute atomic E-state index is 0.0421. The Kier molecular flexibility index (Phi) is 5.53. The van der Waals surface area contributed by atoms with Crippen molar-refractivity contribution < 1.29 is 9.84 Å². The second-order valence-electron chi connectivity index (χ2n) is 6.22. The van der Waals surface area contributed by atoms with Crippen molar-refractivity contribution in [2.24, 2.45) is 5.73 Å². The molecular formula is C16H27NO2. The van der Waals surface area contributed by atoms with Crippen LogP contribution in [-0.2, 0) is 10.2 Å². The van der Waals surface area contributed by atoms with Gasteiger partial charge in [0, 0.05) is 18.6 Å². The molecule has 19 heavy (non-hydrogen) atoms. The molecule has 0 heterocycles. The van der Waals surface area contributed by atoms with Crippen LogP contribution in [0.3, 0.4) is 0 Å². The van der Waals surface area contributed by atoms with Crippen LogP contribution < -0.4 is 5.73 Å². The summed E-state index contributed by atoms with van der Waals surface area (Å²) in [5.41, 5.74) is 7.64. The lowest BCUT2D eigenvalue weighted by Gasteiger charge is -2.32. The third-order valence-corrected chi connectivity index (χ3v) is 3.44. The Labute approximate surface area is 116 Å². The first-order valence-electron chi connectivity index (χ1n) is 6.85. The molecule has 1 atom stereocenters. The van der Waals surface area contributed by atoms with Crippen LogP contribution in [0.2, 0.25) is 0 Å². The van der Waals surface area contributed by atoms with Gasteiger partial charge in [-0.2, -0.15) is 0 Å². The molecule has 1 rings (SSSR count). The molecule has 0 saturated heterocycles. The quantitative estimate of drug-likeness (QED) is 0.830. The summed E-state index contributed by atoms with van der Waals surface area (Å²) in [7, 11) is 0. The van der Waals surface area contributed by atoms with E-state index in [9.17, 15) is 5.11 Å². The van der Waals surface area contributed by atoms with E-state index in [4.69, 9.17) is 10.5 Å². The summed E-state index contributed by atoms with van der Waals surface area (Å²) in [6.07, 6.45) is 0.723. The van der Waals surface area contributed by atoms with Crippen LogP contribution in [0, 0.1) is 6.92 Å². The Balaban J connectivity index is 2.85. The number of nitrogens with two attached hydrogens (primary N) is 1. The topological polar surface area (TPSA) is 55.5 Å². The molecule has 0 spiro atoms. The fourth-order valence-corrected chi connectivity index (χ4v) is 2.13. The molecule has 0 aromatic heterocycles. The Morgan fingerprint density at radius 2 is 1.95 bits per heavy atom. The van der Waals surface area contributed by atoms with Crippen LogP contribution in [-0.4, -0.2) is 30.5 Å². The number of ether oxygens (including phenoxy) is 1. The van der Waals surface area contributed by atoms with Gasteiger partial charge >= 0.3 is 0 Å². The number of aryl methyl sites for hydroxylation is 1. The first-order valence-corrected chi connectivity index (χ1v) is 6.85. The largest absolute Gasteiger partial charge is 0.395 e. The molecule has 1 aromatic rings. The molecule has 1 unspecified atom stereocenters. The lowest BCUT2D eigenvalue weighted by atomic mass is 9.78. The Morgan fingerprint density at radius 1 is 1.26 bits per heavy atom. The van der Waals surface area contributed by atoms with Crippen molar-refractivity contribution >= 4 is 0 Å². The highest BCUT2D eigenvalue weighted by atomic mass is 16.5. The fraction of sp³-hybridized carbons (Fsp3) is 0.625. The number of rotatable bonds is 6. The maximum absolute atomic E-state index is 9.81. The molecule has 0 saturated carbocycles. The maximum atomic E-state index is 9.81. The number of aliphatic hydroxyl groups is 1. The van der Waals surface area contributed by atoms with Crippen molar-refractivity contribution in [2.75, 3.05) is 19.8 Å². The van der Waals surface area contributed by atoms with Gasteiger partial charge in [-0.15, -0.1) is 0 Å². The average Bonchev–Trinajstić information content (AvgIpc) is 2.34. The van der Waals surface area contributed by atoms with Crippen LogP contribution in [0.1, 0.15) is 38.3 Å². The van der Waals surface area contributed by atoms with Crippen molar-refractivity contribution in [2.45, 2.75) is 45.1 Å². The summed E-state index contributed by atoms with van der Waals surface area (Å²) >= 11 is 0. The van der Waals surface area contributed by atoms with E-state index in [-0.39, 0.29) is 12.2 Å². The van der Waals surface area contributed by atoms with Gasteiger partial charge in [-0.1, -0.05) is 29.8 Å². The summed E-state index contributed by atoms with van der Waals surface area (Å²) in [5, 5.41) is 9.81. The summed E-state index contributed by atoms with van der Waals surface area (Å²) < 4.78 is 5.77. The molecule has 0 fully saturated rings. The minimum Gasteiger partial charge on any atom is -0.395 e. The van der Waals surface area contributed by atoms with Crippen LogP contribution in [0.25, 0.3) is 0 Å².